The first-order valence-corrected chi connectivity index (χ1v) is 5.46. The summed E-state index contributed by atoms with van der Waals surface area (Å²) in [5, 5.41) is 0. The van der Waals surface area contributed by atoms with Gasteiger partial charge in [0.2, 0.25) is 0 Å². The van der Waals surface area contributed by atoms with Crippen LogP contribution in [0.2, 0.25) is 0 Å². The van der Waals surface area contributed by atoms with Crippen molar-refractivity contribution in [2.75, 3.05) is 0 Å². The number of aromatic nitrogens is 2. The maximum Gasteiger partial charge on any atom is 0.252 e. The number of H-pyrrole nitrogens is 1. The van der Waals surface area contributed by atoms with Crippen LogP contribution in [0.3, 0.4) is 0 Å². The van der Waals surface area contributed by atoms with E-state index in [0.29, 0.717) is 11.3 Å². The molecule has 1 aliphatic rings. The van der Waals surface area contributed by atoms with Gasteiger partial charge in [0.25, 0.3) is 5.91 Å². The molecule has 1 amide bonds. The number of ether oxygens (including phenoxy) is 1. The molecule has 0 saturated carbocycles. The molecule has 88 valence electrons. The van der Waals surface area contributed by atoms with Gasteiger partial charge in [-0.15, -0.1) is 0 Å². The summed E-state index contributed by atoms with van der Waals surface area (Å²) in [5.74, 6) is 0.114. The van der Waals surface area contributed by atoms with E-state index in [1.165, 1.54) is 0 Å². The molecule has 0 atom stereocenters. The molecule has 0 radical (unpaired) electrons. The van der Waals surface area contributed by atoms with Crippen molar-refractivity contribution in [3.05, 3.63) is 23.5 Å². The second-order valence-electron chi connectivity index (χ2n) is 4.93. The molecule has 0 aliphatic carbocycles. The Morgan fingerprint density at radius 3 is 3.06 bits per heavy atom. The zero-order valence-electron chi connectivity index (χ0n) is 9.70. The molecule has 1 aromatic carbocycles. The van der Waals surface area contributed by atoms with Gasteiger partial charge < -0.3 is 15.5 Å². The predicted molar refractivity (Wildman–Crippen MR) is 63.0 cm³/mol. The fraction of sp³-hybridized carbons (Fsp3) is 0.333. The summed E-state index contributed by atoms with van der Waals surface area (Å²) in [7, 11) is 0. The van der Waals surface area contributed by atoms with Crippen molar-refractivity contribution >= 4 is 16.9 Å². The monoisotopic (exact) mass is 231 g/mol. The molecule has 0 spiro atoms. The van der Waals surface area contributed by atoms with Crippen LogP contribution in [0, 0.1) is 0 Å². The van der Waals surface area contributed by atoms with Crippen LogP contribution in [0.4, 0.5) is 0 Å². The smallest absolute Gasteiger partial charge is 0.252 e. The standard InChI is InChI=1S/C12H13N3O2/c1-12(2)4-7-9-8(14-5-15-9)3-6(11(13)16)10(7)17-12/h3,5H,4H2,1-2H3,(H2,13,16)(H,14,15). The predicted octanol–water partition coefficient (Wildman–Crippen LogP) is 1.38. The fourth-order valence-corrected chi connectivity index (χ4v) is 2.34. The second kappa shape index (κ2) is 3.00. The maximum atomic E-state index is 11.4. The number of nitrogens with two attached hydrogens (primary N) is 1. The van der Waals surface area contributed by atoms with Gasteiger partial charge in [-0.25, -0.2) is 4.98 Å². The van der Waals surface area contributed by atoms with Crippen molar-refractivity contribution in [3.63, 3.8) is 0 Å². The van der Waals surface area contributed by atoms with Crippen LogP contribution in [-0.4, -0.2) is 21.5 Å². The third kappa shape index (κ3) is 1.39. The first-order valence-electron chi connectivity index (χ1n) is 5.46. The Labute approximate surface area is 98.0 Å². The van der Waals surface area contributed by atoms with Crippen molar-refractivity contribution in [1.82, 2.24) is 9.97 Å². The Balaban J connectivity index is 2.35. The zero-order valence-corrected chi connectivity index (χ0v) is 9.70. The molecule has 5 nitrogen and oxygen atoms in total. The van der Waals surface area contributed by atoms with Crippen molar-refractivity contribution in [1.29, 1.82) is 0 Å². The number of rotatable bonds is 1. The molecule has 0 saturated heterocycles. The molecule has 17 heavy (non-hydrogen) atoms. The summed E-state index contributed by atoms with van der Waals surface area (Å²) in [6, 6.07) is 1.68. The number of nitrogens with one attached hydrogen (secondary N) is 1. The third-order valence-electron chi connectivity index (χ3n) is 3.02. The van der Waals surface area contributed by atoms with Gasteiger partial charge in [-0.3, -0.25) is 4.79 Å². The molecule has 1 aromatic heterocycles. The van der Waals surface area contributed by atoms with Crippen LogP contribution in [0.1, 0.15) is 29.8 Å². The topological polar surface area (TPSA) is 81.0 Å². The number of nitrogens with zero attached hydrogens (tertiary/aromatic N) is 1. The van der Waals surface area contributed by atoms with Crippen LogP contribution in [0.15, 0.2) is 12.4 Å². The van der Waals surface area contributed by atoms with Crippen LogP contribution < -0.4 is 10.5 Å². The van der Waals surface area contributed by atoms with Gasteiger partial charge in [-0.05, 0) is 19.9 Å². The van der Waals surface area contributed by atoms with E-state index in [2.05, 4.69) is 9.97 Å². The van der Waals surface area contributed by atoms with Crippen LogP contribution >= 0.6 is 0 Å². The number of benzene rings is 1. The lowest BCUT2D eigenvalue weighted by molar-refractivity contribution is 0.0986. The van der Waals surface area contributed by atoms with Gasteiger partial charge in [0.15, 0.2) is 0 Å². The lowest BCUT2D eigenvalue weighted by atomic mass is 9.99. The van der Waals surface area contributed by atoms with Gasteiger partial charge in [0.05, 0.1) is 22.9 Å². The molecule has 1 aliphatic heterocycles. The van der Waals surface area contributed by atoms with E-state index in [1.54, 1.807) is 12.4 Å². The Morgan fingerprint density at radius 2 is 2.35 bits per heavy atom. The average Bonchev–Trinajstić information content (AvgIpc) is 2.77. The number of imidazole rings is 1. The first-order chi connectivity index (χ1) is 7.98. The van der Waals surface area contributed by atoms with E-state index >= 15 is 0 Å². The lowest BCUT2D eigenvalue weighted by Gasteiger charge is -2.17. The summed E-state index contributed by atoms with van der Waals surface area (Å²) in [6.07, 6.45) is 2.35. The van der Waals surface area contributed by atoms with E-state index in [9.17, 15) is 4.79 Å². The van der Waals surface area contributed by atoms with Crippen molar-refractivity contribution in [2.24, 2.45) is 5.73 Å². The Kier molecular flexibility index (Phi) is 1.79. The van der Waals surface area contributed by atoms with Gasteiger partial charge in [-0.1, -0.05) is 0 Å². The lowest BCUT2D eigenvalue weighted by Crippen LogP contribution is -2.25. The highest BCUT2D eigenvalue weighted by molar-refractivity contribution is 6.01. The normalized spacial score (nSPS) is 16.8. The summed E-state index contributed by atoms with van der Waals surface area (Å²) < 4.78 is 5.82. The van der Waals surface area contributed by atoms with Crippen molar-refractivity contribution < 1.29 is 9.53 Å². The second-order valence-corrected chi connectivity index (χ2v) is 4.93. The number of hydrogen-bond donors (Lipinski definition) is 2. The Hall–Kier alpha value is -2.04. The highest BCUT2D eigenvalue weighted by Crippen LogP contribution is 2.41. The number of carbonyl (C=O) groups excluding carboxylic acids is 1. The number of aromatic amines is 1. The average molecular weight is 231 g/mol. The summed E-state index contributed by atoms with van der Waals surface area (Å²) >= 11 is 0. The van der Waals surface area contributed by atoms with E-state index < -0.39 is 5.91 Å². The molecule has 2 heterocycles. The minimum Gasteiger partial charge on any atom is -0.486 e. The highest BCUT2D eigenvalue weighted by atomic mass is 16.5. The van der Waals surface area contributed by atoms with Gasteiger partial charge in [0, 0.05) is 12.0 Å². The van der Waals surface area contributed by atoms with E-state index in [0.717, 1.165) is 23.0 Å². The van der Waals surface area contributed by atoms with Crippen LogP contribution in [0.5, 0.6) is 5.75 Å². The first kappa shape index (κ1) is 10.1. The molecule has 0 unspecified atom stereocenters. The van der Waals surface area contributed by atoms with E-state index in [-0.39, 0.29) is 5.60 Å². The van der Waals surface area contributed by atoms with Crippen molar-refractivity contribution in [2.45, 2.75) is 25.9 Å². The summed E-state index contributed by atoms with van der Waals surface area (Å²) in [6.45, 7) is 3.97. The molecule has 5 heteroatoms. The largest absolute Gasteiger partial charge is 0.486 e. The molecule has 3 N–H and O–H groups in total. The molecule has 0 bridgehead atoms. The number of fused-ring (bicyclic) bond motifs is 3. The zero-order chi connectivity index (χ0) is 12.2. The maximum absolute atomic E-state index is 11.4. The quantitative estimate of drug-likeness (QED) is 0.777. The van der Waals surface area contributed by atoms with Gasteiger partial charge >= 0.3 is 0 Å². The minimum absolute atomic E-state index is 0.314. The Bertz CT molecular complexity index is 628. The van der Waals surface area contributed by atoms with Gasteiger partial charge in [0.1, 0.15) is 11.4 Å². The van der Waals surface area contributed by atoms with Gasteiger partial charge in [-0.2, -0.15) is 0 Å². The van der Waals surface area contributed by atoms with E-state index in [1.807, 2.05) is 13.8 Å². The molecular formula is C12H13N3O2. The van der Waals surface area contributed by atoms with Crippen molar-refractivity contribution in [3.8, 4) is 5.75 Å². The third-order valence-corrected chi connectivity index (χ3v) is 3.02. The number of amides is 1. The molecule has 2 aromatic rings. The summed E-state index contributed by atoms with van der Waals surface area (Å²) in [4.78, 5) is 18.7. The SMILES string of the molecule is CC1(C)Cc2c(c(C(N)=O)cc3nc[nH]c23)O1. The molecular weight excluding hydrogens is 218 g/mol. The summed E-state index contributed by atoms with van der Waals surface area (Å²) in [5.41, 5.74) is 8.13. The fourth-order valence-electron chi connectivity index (χ4n) is 2.34. The molecule has 0 fully saturated rings. The highest BCUT2D eigenvalue weighted by Gasteiger charge is 2.35. The van der Waals surface area contributed by atoms with Crippen LogP contribution in [0.25, 0.3) is 11.0 Å². The van der Waals surface area contributed by atoms with Crippen LogP contribution in [-0.2, 0) is 6.42 Å². The number of hydrogen-bond acceptors (Lipinski definition) is 3. The number of carbonyl (C=O) groups is 1. The number of primary amides is 1. The minimum atomic E-state index is -0.483. The Morgan fingerprint density at radius 1 is 1.59 bits per heavy atom. The van der Waals surface area contributed by atoms with E-state index in [4.69, 9.17) is 10.5 Å². The molecule has 3 rings (SSSR count).